The third-order valence-corrected chi connectivity index (χ3v) is 4.15. The SMILES string of the molecule is CC1(C)CCC(Nc2ccc(C(F)(F)F)c(C(N)=S)c2)C1. The van der Waals surface area contributed by atoms with Gasteiger partial charge < -0.3 is 11.1 Å². The molecule has 1 saturated carbocycles. The van der Waals surface area contributed by atoms with Gasteiger partial charge in [-0.25, -0.2) is 0 Å². The van der Waals surface area contributed by atoms with Gasteiger partial charge in [-0.05, 0) is 42.9 Å². The number of hydrogen-bond donors (Lipinski definition) is 2. The lowest BCUT2D eigenvalue weighted by atomic mass is 9.92. The Bertz CT molecular complexity index is 552. The third-order valence-electron chi connectivity index (χ3n) is 3.93. The molecule has 21 heavy (non-hydrogen) atoms. The molecule has 1 unspecified atom stereocenters. The van der Waals surface area contributed by atoms with Crippen LogP contribution >= 0.6 is 12.2 Å². The molecule has 6 heteroatoms. The molecule has 1 aliphatic rings. The van der Waals surface area contributed by atoms with Crippen LogP contribution in [0.25, 0.3) is 0 Å². The molecule has 0 spiro atoms. The van der Waals surface area contributed by atoms with Gasteiger partial charge in [-0.2, -0.15) is 13.2 Å². The monoisotopic (exact) mass is 316 g/mol. The van der Waals surface area contributed by atoms with Crippen LogP contribution in [0.5, 0.6) is 0 Å². The molecule has 0 radical (unpaired) electrons. The summed E-state index contributed by atoms with van der Waals surface area (Å²) in [5.41, 5.74) is 5.43. The topological polar surface area (TPSA) is 38.0 Å². The largest absolute Gasteiger partial charge is 0.417 e. The predicted molar refractivity (Wildman–Crippen MR) is 82.4 cm³/mol. The fourth-order valence-electron chi connectivity index (χ4n) is 2.88. The number of anilines is 1. The number of halogens is 3. The second-order valence-electron chi connectivity index (χ2n) is 6.37. The van der Waals surface area contributed by atoms with Crippen LogP contribution in [0.15, 0.2) is 18.2 Å². The third kappa shape index (κ3) is 3.87. The van der Waals surface area contributed by atoms with Crippen molar-refractivity contribution in [2.24, 2.45) is 11.1 Å². The van der Waals surface area contributed by atoms with Gasteiger partial charge in [0.2, 0.25) is 0 Å². The Labute approximate surface area is 127 Å². The van der Waals surface area contributed by atoms with Crippen molar-refractivity contribution in [1.82, 2.24) is 0 Å². The summed E-state index contributed by atoms with van der Waals surface area (Å²) in [5.74, 6) is 0. The Hall–Kier alpha value is -1.30. The average Bonchev–Trinajstić information content (AvgIpc) is 2.67. The average molecular weight is 316 g/mol. The van der Waals surface area contributed by atoms with E-state index in [1.54, 1.807) is 0 Å². The number of thiocarbonyl (C=S) groups is 1. The Balaban J connectivity index is 2.23. The van der Waals surface area contributed by atoms with Crippen LogP contribution < -0.4 is 11.1 Å². The van der Waals surface area contributed by atoms with Crippen LogP contribution in [0, 0.1) is 5.41 Å². The van der Waals surface area contributed by atoms with Gasteiger partial charge in [0, 0.05) is 17.3 Å². The Morgan fingerprint density at radius 2 is 2.05 bits per heavy atom. The maximum absolute atomic E-state index is 12.9. The Morgan fingerprint density at radius 1 is 1.38 bits per heavy atom. The van der Waals surface area contributed by atoms with E-state index >= 15 is 0 Å². The molecule has 0 heterocycles. The van der Waals surface area contributed by atoms with Gasteiger partial charge >= 0.3 is 6.18 Å². The summed E-state index contributed by atoms with van der Waals surface area (Å²) in [4.78, 5) is -0.238. The number of nitrogens with one attached hydrogen (secondary N) is 1. The summed E-state index contributed by atoms with van der Waals surface area (Å²) in [7, 11) is 0. The fourth-order valence-corrected chi connectivity index (χ4v) is 3.05. The molecule has 1 aliphatic carbocycles. The molecule has 1 aromatic carbocycles. The van der Waals surface area contributed by atoms with Crippen molar-refractivity contribution in [1.29, 1.82) is 0 Å². The highest BCUT2D eigenvalue weighted by atomic mass is 32.1. The number of hydrogen-bond acceptors (Lipinski definition) is 2. The first-order valence-electron chi connectivity index (χ1n) is 6.86. The first-order valence-corrected chi connectivity index (χ1v) is 7.27. The van der Waals surface area contributed by atoms with Gasteiger partial charge in [-0.15, -0.1) is 0 Å². The molecule has 1 aromatic rings. The smallest absolute Gasteiger partial charge is 0.389 e. The van der Waals surface area contributed by atoms with Crippen molar-refractivity contribution in [3.8, 4) is 0 Å². The van der Waals surface area contributed by atoms with E-state index in [2.05, 4.69) is 19.2 Å². The molecule has 3 N–H and O–H groups in total. The summed E-state index contributed by atoms with van der Waals surface area (Å²) in [6, 6.07) is 4.15. The van der Waals surface area contributed by atoms with Crippen molar-refractivity contribution < 1.29 is 13.2 Å². The minimum absolute atomic E-state index is 0.125. The zero-order chi connectivity index (χ0) is 15.8. The first-order chi connectivity index (χ1) is 9.58. The molecule has 0 bridgehead atoms. The summed E-state index contributed by atoms with van der Waals surface area (Å²) < 4.78 is 38.7. The highest BCUT2D eigenvalue weighted by molar-refractivity contribution is 7.80. The van der Waals surface area contributed by atoms with Gasteiger partial charge in [0.15, 0.2) is 0 Å². The fraction of sp³-hybridized carbons (Fsp3) is 0.533. The van der Waals surface area contributed by atoms with Gasteiger partial charge in [0.05, 0.1) is 5.56 Å². The molecular weight excluding hydrogens is 297 g/mol. The van der Waals surface area contributed by atoms with E-state index < -0.39 is 11.7 Å². The lowest BCUT2D eigenvalue weighted by Gasteiger charge is -2.20. The summed E-state index contributed by atoms with van der Waals surface area (Å²) in [6.07, 6.45) is -1.34. The normalized spacial score (nSPS) is 21.3. The van der Waals surface area contributed by atoms with E-state index in [0.29, 0.717) is 5.69 Å². The van der Waals surface area contributed by atoms with Gasteiger partial charge in [-0.1, -0.05) is 26.1 Å². The molecule has 0 aromatic heterocycles. The first kappa shape index (κ1) is 16.1. The molecule has 2 nitrogen and oxygen atoms in total. The van der Waals surface area contributed by atoms with Crippen LogP contribution in [0.1, 0.15) is 44.2 Å². The zero-order valence-corrected chi connectivity index (χ0v) is 12.9. The number of rotatable bonds is 3. The van der Waals surface area contributed by atoms with E-state index in [4.69, 9.17) is 18.0 Å². The van der Waals surface area contributed by atoms with Crippen LogP contribution in [0.2, 0.25) is 0 Å². The number of nitrogens with two attached hydrogens (primary N) is 1. The molecule has 116 valence electrons. The van der Waals surface area contributed by atoms with Crippen molar-refractivity contribution >= 4 is 22.9 Å². The second kappa shape index (κ2) is 5.48. The number of alkyl halides is 3. The van der Waals surface area contributed by atoms with Crippen LogP contribution in [-0.4, -0.2) is 11.0 Å². The standard InChI is InChI=1S/C15H19F3N2S/c1-14(2)6-5-10(8-14)20-9-3-4-12(15(16,17)18)11(7-9)13(19)21/h3-4,7,10,20H,5-6,8H2,1-2H3,(H2,19,21). The van der Waals surface area contributed by atoms with Crippen LogP contribution in [0.3, 0.4) is 0 Å². The molecule has 0 amide bonds. The van der Waals surface area contributed by atoms with E-state index in [0.717, 1.165) is 25.3 Å². The molecule has 0 aliphatic heterocycles. The highest BCUT2D eigenvalue weighted by Crippen LogP contribution is 2.39. The van der Waals surface area contributed by atoms with E-state index in [1.165, 1.54) is 12.1 Å². The second-order valence-corrected chi connectivity index (χ2v) is 6.81. The van der Waals surface area contributed by atoms with E-state index in [1.807, 2.05) is 0 Å². The van der Waals surface area contributed by atoms with E-state index in [-0.39, 0.29) is 22.0 Å². The minimum atomic E-state index is -4.45. The molecule has 1 fully saturated rings. The predicted octanol–water partition coefficient (Wildman–Crippen LogP) is 4.33. The van der Waals surface area contributed by atoms with Crippen molar-refractivity contribution in [3.63, 3.8) is 0 Å². The van der Waals surface area contributed by atoms with Crippen molar-refractivity contribution in [3.05, 3.63) is 29.3 Å². The maximum Gasteiger partial charge on any atom is 0.417 e. The molecule has 1 atom stereocenters. The molecule has 0 saturated heterocycles. The Kier molecular flexibility index (Phi) is 4.19. The van der Waals surface area contributed by atoms with E-state index in [9.17, 15) is 13.2 Å². The minimum Gasteiger partial charge on any atom is -0.389 e. The van der Waals surface area contributed by atoms with Crippen LogP contribution in [-0.2, 0) is 6.18 Å². The van der Waals surface area contributed by atoms with Crippen molar-refractivity contribution in [2.45, 2.75) is 45.3 Å². The molecule has 2 rings (SSSR count). The zero-order valence-electron chi connectivity index (χ0n) is 12.1. The molecular formula is C15H19F3N2S. The quantitative estimate of drug-likeness (QED) is 0.815. The lowest BCUT2D eigenvalue weighted by molar-refractivity contribution is -0.137. The van der Waals surface area contributed by atoms with Gasteiger partial charge in [0.1, 0.15) is 4.99 Å². The highest BCUT2D eigenvalue weighted by Gasteiger charge is 2.35. The summed E-state index contributed by atoms with van der Waals surface area (Å²) in [5, 5.41) is 3.29. The van der Waals surface area contributed by atoms with Crippen molar-refractivity contribution in [2.75, 3.05) is 5.32 Å². The van der Waals surface area contributed by atoms with Gasteiger partial charge in [-0.3, -0.25) is 0 Å². The summed E-state index contributed by atoms with van der Waals surface area (Å²) >= 11 is 4.75. The lowest BCUT2D eigenvalue weighted by Crippen LogP contribution is -2.20. The van der Waals surface area contributed by atoms with Crippen LogP contribution in [0.4, 0.5) is 18.9 Å². The summed E-state index contributed by atoms with van der Waals surface area (Å²) in [6.45, 7) is 4.39. The van der Waals surface area contributed by atoms with Gasteiger partial charge in [0.25, 0.3) is 0 Å². The maximum atomic E-state index is 12.9. The number of benzene rings is 1. The Morgan fingerprint density at radius 3 is 2.52 bits per heavy atom.